The topological polar surface area (TPSA) is 22.6 Å². The Morgan fingerprint density at radius 1 is 1.04 bits per heavy atom. The van der Waals surface area contributed by atoms with Gasteiger partial charge < -0.3 is 4.98 Å². The Bertz CT molecular complexity index is 669. The molecule has 5 heterocycles. The van der Waals surface area contributed by atoms with Crippen LogP contribution in [0.3, 0.4) is 0 Å². The fourth-order valence-electron chi connectivity index (χ4n) is 3.53. The van der Waals surface area contributed by atoms with Crippen molar-refractivity contribution in [3.63, 3.8) is 0 Å². The molecule has 26 heavy (non-hydrogen) atoms. The quantitative estimate of drug-likeness (QED) is 0.382. The molecular formula is C17H19ClF2N4PPt+. The van der Waals surface area contributed by atoms with Gasteiger partial charge in [-0.25, -0.2) is 14.7 Å². The van der Waals surface area contributed by atoms with E-state index in [1.54, 1.807) is 43.2 Å². The first kappa shape index (κ1) is 20.3. The molecule has 0 saturated carbocycles. The second-order valence-corrected chi connectivity index (χ2v) is 8.87. The molecule has 6 rings (SSSR count). The third kappa shape index (κ3) is 5.07. The molecule has 2 aromatic rings. The third-order valence-corrected chi connectivity index (χ3v) is 7.00. The van der Waals surface area contributed by atoms with Gasteiger partial charge in [0.05, 0.1) is 20.0 Å². The van der Waals surface area contributed by atoms with E-state index in [2.05, 4.69) is 35.2 Å². The Balaban J connectivity index is 0.000000143. The molecule has 4 aliphatic rings. The summed E-state index contributed by atoms with van der Waals surface area (Å²) in [5.41, 5.74) is 0.636. The van der Waals surface area contributed by atoms with Gasteiger partial charge in [-0.05, 0) is 11.8 Å². The van der Waals surface area contributed by atoms with Crippen LogP contribution in [0, 0.1) is 17.7 Å². The van der Waals surface area contributed by atoms with Crippen molar-refractivity contribution in [2.45, 2.75) is 0 Å². The summed E-state index contributed by atoms with van der Waals surface area (Å²) in [6.07, 6.45) is 5.92. The van der Waals surface area contributed by atoms with Gasteiger partial charge in [0.1, 0.15) is 18.9 Å². The Morgan fingerprint density at radius 2 is 1.65 bits per heavy atom. The molecule has 9 heteroatoms. The summed E-state index contributed by atoms with van der Waals surface area (Å²) in [6, 6.07) is 9.53. The molecule has 0 atom stereocenters. The minimum atomic E-state index is -0.649. The summed E-state index contributed by atoms with van der Waals surface area (Å²) in [7, 11) is 4.64. The first-order chi connectivity index (χ1) is 12.7. The van der Waals surface area contributed by atoms with Crippen LogP contribution in [0.5, 0.6) is 0 Å². The van der Waals surface area contributed by atoms with Gasteiger partial charge in [-0.15, -0.1) is 12.1 Å². The molecule has 4 aliphatic heterocycles. The van der Waals surface area contributed by atoms with Crippen LogP contribution in [0.1, 0.15) is 0 Å². The minimum absolute atomic E-state index is 0.0297. The molecule has 0 spiro atoms. The van der Waals surface area contributed by atoms with Gasteiger partial charge in [-0.3, -0.25) is 8.78 Å². The van der Waals surface area contributed by atoms with E-state index < -0.39 is 11.6 Å². The van der Waals surface area contributed by atoms with Crippen molar-refractivity contribution in [3.05, 3.63) is 54.2 Å². The van der Waals surface area contributed by atoms with Crippen molar-refractivity contribution >= 4 is 17.3 Å². The van der Waals surface area contributed by atoms with Crippen LogP contribution in [0.25, 0.3) is 11.3 Å². The van der Waals surface area contributed by atoms with Crippen molar-refractivity contribution in [3.8, 4) is 11.3 Å². The van der Waals surface area contributed by atoms with Gasteiger partial charge in [-0.1, -0.05) is 23.8 Å². The molecule has 0 unspecified atom stereocenters. The molecule has 4 saturated heterocycles. The average molecular weight is 579 g/mol. The first-order valence-corrected chi connectivity index (χ1v) is 13.0. The third-order valence-electron chi connectivity index (χ3n) is 4.32. The average Bonchev–Trinajstić information content (AvgIpc) is 2.64. The molecule has 0 aliphatic carbocycles. The number of pyridine rings is 1. The number of nitrogens with zero attached hydrogens (tertiary/aromatic N) is 4. The molecule has 4 fully saturated rings. The van der Waals surface area contributed by atoms with E-state index in [9.17, 15) is 8.78 Å². The Kier molecular flexibility index (Phi) is 7.51. The summed E-state index contributed by atoms with van der Waals surface area (Å²) in [5.74, 6) is -1.29. The maximum atomic E-state index is 13.2. The van der Waals surface area contributed by atoms with Gasteiger partial charge >= 0.3 is 28.2 Å². The molecule has 0 amide bonds. The maximum absolute atomic E-state index is 13.2. The van der Waals surface area contributed by atoms with Crippen molar-refractivity contribution in [2.24, 2.45) is 0 Å². The van der Waals surface area contributed by atoms with E-state index in [0.717, 1.165) is 12.1 Å². The first-order valence-electron chi connectivity index (χ1n) is 8.08. The molecule has 1 aromatic carbocycles. The molecule has 4 bridgehead atoms. The van der Waals surface area contributed by atoms with E-state index in [4.69, 9.17) is 0 Å². The van der Waals surface area contributed by atoms with E-state index in [1.165, 1.54) is 38.9 Å². The molecule has 142 valence electrons. The fourth-order valence-corrected chi connectivity index (χ4v) is 6.33. The Labute approximate surface area is 168 Å². The van der Waals surface area contributed by atoms with Gasteiger partial charge in [0.2, 0.25) is 0 Å². The summed E-state index contributed by atoms with van der Waals surface area (Å²) in [5, 5.41) is 0. The molecular weight excluding hydrogens is 560 g/mol. The fraction of sp³-hybridized carbons (Fsp3) is 0.353. The number of rotatable bonds is 1. The predicted molar refractivity (Wildman–Crippen MR) is 97.3 cm³/mol. The van der Waals surface area contributed by atoms with Gasteiger partial charge in [0, 0.05) is 25.8 Å². The zero-order valence-electron chi connectivity index (χ0n) is 13.9. The second kappa shape index (κ2) is 9.63. The molecule has 1 aromatic heterocycles. The van der Waals surface area contributed by atoms with Gasteiger partial charge in [0.15, 0.2) is 0 Å². The van der Waals surface area contributed by atoms with Crippen LogP contribution in [-0.2, 0) is 18.8 Å². The zero-order valence-corrected chi connectivity index (χ0v) is 18.0. The van der Waals surface area contributed by atoms with Crippen molar-refractivity contribution < 1.29 is 27.6 Å². The van der Waals surface area contributed by atoms with Crippen LogP contribution in [0.15, 0.2) is 36.5 Å². The number of aromatic nitrogens is 1. The Morgan fingerprint density at radius 3 is 2.12 bits per heavy atom. The number of hydrogen-bond donors (Lipinski definition) is 0. The van der Waals surface area contributed by atoms with Crippen LogP contribution >= 0.6 is 17.3 Å². The van der Waals surface area contributed by atoms with E-state index >= 15 is 0 Å². The van der Waals surface area contributed by atoms with Crippen molar-refractivity contribution in [1.29, 1.82) is 0 Å². The van der Waals surface area contributed by atoms with Crippen LogP contribution in [0.2, 0.25) is 0 Å². The second-order valence-electron chi connectivity index (χ2n) is 6.42. The zero-order chi connectivity index (χ0) is 18.5. The van der Waals surface area contributed by atoms with Crippen molar-refractivity contribution in [1.82, 2.24) is 19.7 Å². The van der Waals surface area contributed by atoms with E-state index in [0.29, 0.717) is 5.69 Å². The van der Waals surface area contributed by atoms with E-state index in [-0.39, 0.29) is 13.5 Å². The summed E-state index contributed by atoms with van der Waals surface area (Å²) in [6.45, 7) is 3.76. The van der Waals surface area contributed by atoms with Crippen LogP contribution in [-0.4, -0.2) is 58.5 Å². The standard InChI is InChI=1S/C11H6F2N.C6H12N3P.ClH.Pt/c12-8-4-5-9(10(13)7-8)11-3-1-2-6-14-11;1-7-2-9-3-8(1)5-10(4-7)6-9;;/h1-4,6-7H;1-6H2;1H;/q-1;;;+2. The SMILES string of the molecule is C1N2CN3CN1C[PH+](C2)C3.Fc1c[c-]c(-c2ccccn2)c(F)c1.[Cl][Pt+]. The number of hydrogen-bond acceptors (Lipinski definition) is 4. The summed E-state index contributed by atoms with van der Waals surface area (Å²) >= 11 is 1.61. The number of halogens is 3. The molecule has 0 radical (unpaired) electrons. The molecule has 0 N–H and O–H groups in total. The Hall–Kier alpha value is -0.482. The van der Waals surface area contributed by atoms with Gasteiger partial charge in [0.25, 0.3) is 0 Å². The summed E-state index contributed by atoms with van der Waals surface area (Å²) in [4.78, 5) is 11.7. The summed E-state index contributed by atoms with van der Waals surface area (Å²) < 4.78 is 25.8. The predicted octanol–water partition coefficient (Wildman–Crippen LogP) is 3.41. The van der Waals surface area contributed by atoms with Crippen LogP contribution < -0.4 is 0 Å². The van der Waals surface area contributed by atoms with Gasteiger partial charge in [-0.2, -0.15) is 0 Å². The number of benzene rings is 1. The van der Waals surface area contributed by atoms with Crippen molar-refractivity contribution in [2.75, 3.05) is 38.9 Å². The normalized spacial score (nSPS) is 27.9. The molecule has 4 nitrogen and oxygen atoms in total. The monoisotopic (exact) mass is 578 g/mol. The van der Waals surface area contributed by atoms with E-state index in [1.807, 2.05) is 0 Å². The van der Waals surface area contributed by atoms with Crippen LogP contribution in [0.4, 0.5) is 8.78 Å².